The molecule has 0 saturated carbocycles. The van der Waals surface area contributed by atoms with Gasteiger partial charge in [-0.15, -0.1) is 0 Å². The molecule has 0 heterocycles. The van der Waals surface area contributed by atoms with Gasteiger partial charge >= 0.3 is 5.97 Å². The Morgan fingerprint density at radius 3 is 2.58 bits per heavy atom. The summed E-state index contributed by atoms with van der Waals surface area (Å²) in [7, 11) is 0.741. The zero-order valence-corrected chi connectivity index (χ0v) is 7.88. The highest BCUT2D eigenvalue weighted by molar-refractivity contribution is 8.74. The maximum atomic E-state index is 11.5. The number of aliphatic carboxylic acids is 1. The van der Waals surface area contributed by atoms with Crippen LogP contribution in [0.2, 0.25) is 0 Å². The van der Waals surface area contributed by atoms with Crippen LogP contribution in [-0.4, -0.2) is 28.8 Å². The van der Waals surface area contributed by atoms with Gasteiger partial charge in [-0.05, 0) is 0 Å². The van der Waals surface area contributed by atoms with E-state index in [9.17, 15) is 13.5 Å². The molecule has 0 aliphatic heterocycles. The van der Waals surface area contributed by atoms with Gasteiger partial charge in [-0.3, -0.25) is 4.79 Å². The van der Waals surface area contributed by atoms with E-state index in [1.165, 1.54) is 6.92 Å². The largest absolute Gasteiger partial charge is 0.480 e. The minimum Gasteiger partial charge on any atom is -0.480 e. The molecule has 0 aliphatic carbocycles. The van der Waals surface area contributed by atoms with E-state index in [1.807, 2.05) is 0 Å². The quantitative estimate of drug-likeness (QED) is 0.662. The van der Waals surface area contributed by atoms with Crippen molar-refractivity contribution in [2.75, 3.05) is 5.75 Å². The standard InChI is InChI=1S/C5H8FNO3S2/c1-3(8)7-4(5(9)10)2-11-12-6/h4H,2H2,1H3,(H,7,8)(H,9,10)/t4-/m0/s1. The first-order valence-corrected chi connectivity index (χ1v) is 5.20. The van der Waals surface area contributed by atoms with E-state index in [0.717, 1.165) is 10.8 Å². The summed E-state index contributed by atoms with van der Waals surface area (Å²) in [5.74, 6) is -1.59. The van der Waals surface area contributed by atoms with Crippen LogP contribution in [-0.2, 0) is 9.59 Å². The van der Waals surface area contributed by atoms with E-state index in [-0.39, 0.29) is 16.9 Å². The fourth-order valence-corrected chi connectivity index (χ4v) is 1.49. The van der Waals surface area contributed by atoms with E-state index in [1.54, 1.807) is 0 Å². The summed E-state index contributed by atoms with van der Waals surface area (Å²) in [5, 5.41) is 10.7. The Labute approximate surface area is 77.0 Å². The molecule has 0 saturated heterocycles. The van der Waals surface area contributed by atoms with E-state index < -0.39 is 17.9 Å². The van der Waals surface area contributed by atoms with Gasteiger partial charge in [-0.1, -0.05) is 10.8 Å². The number of halogens is 1. The number of carboxylic acid groups (broad SMARTS) is 1. The predicted molar refractivity (Wildman–Crippen MR) is 46.4 cm³/mol. The van der Waals surface area contributed by atoms with Crippen molar-refractivity contribution in [1.29, 1.82) is 0 Å². The van der Waals surface area contributed by atoms with Gasteiger partial charge in [0.1, 0.15) is 17.2 Å². The van der Waals surface area contributed by atoms with Gasteiger partial charge in [0.05, 0.1) is 0 Å². The highest BCUT2D eigenvalue weighted by Gasteiger charge is 2.18. The molecule has 7 heteroatoms. The summed E-state index contributed by atoms with van der Waals surface area (Å²) in [6, 6.07) is -1.02. The van der Waals surface area contributed by atoms with Gasteiger partial charge in [-0.2, -0.15) is 3.89 Å². The zero-order chi connectivity index (χ0) is 9.56. The molecule has 0 bridgehead atoms. The fraction of sp³-hybridized carbons (Fsp3) is 0.600. The molecule has 0 aromatic heterocycles. The summed E-state index contributed by atoms with van der Waals surface area (Å²) in [6.07, 6.45) is 0. The van der Waals surface area contributed by atoms with Crippen LogP contribution in [0.25, 0.3) is 0 Å². The normalized spacial score (nSPS) is 12.2. The molecule has 0 aromatic carbocycles. The molecule has 4 nitrogen and oxygen atoms in total. The average molecular weight is 213 g/mol. The van der Waals surface area contributed by atoms with Crippen molar-refractivity contribution in [2.45, 2.75) is 13.0 Å². The molecule has 0 aromatic rings. The average Bonchev–Trinajstić information content (AvgIpc) is 1.96. The van der Waals surface area contributed by atoms with E-state index in [0.29, 0.717) is 0 Å². The first-order valence-electron chi connectivity index (χ1n) is 2.98. The minimum atomic E-state index is -1.16. The van der Waals surface area contributed by atoms with E-state index in [4.69, 9.17) is 5.11 Å². The highest BCUT2D eigenvalue weighted by atomic mass is 33.1. The Morgan fingerprint density at radius 1 is 1.67 bits per heavy atom. The molecular formula is C5H8FNO3S2. The number of carbonyl (C=O) groups is 2. The second-order valence-electron chi connectivity index (χ2n) is 1.94. The number of amides is 1. The predicted octanol–water partition coefficient (Wildman–Crippen LogP) is 0.842. The van der Waals surface area contributed by atoms with Gasteiger partial charge in [-0.25, -0.2) is 4.79 Å². The molecule has 70 valence electrons. The zero-order valence-electron chi connectivity index (χ0n) is 6.24. The SMILES string of the molecule is CC(=O)N[C@@H](CSSF)C(=O)O. The van der Waals surface area contributed by atoms with Crippen LogP contribution < -0.4 is 5.32 Å². The van der Waals surface area contributed by atoms with Crippen molar-refractivity contribution in [2.24, 2.45) is 0 Å². The van der Waals surface area contributed by atoms with Gasteiger partial charge in [0.25, 0.3) is 0 Å². The minimum absolute atomic E-state index is 0.0100. The monoisotopic (exact) mass is 213 g/mol. The van der Waals surface area contributed by atoms with Crippen molar-refractivity contribution in [3.63, 3.8) is 0 Å². The number of hydrogen-bond donors (Lipinski definition) is 2. The lowest BCUT2D eigenvalue weighted by atomic mass is 10.3. The third kappa shape index (κ3) is 5.25. The third-order valence-corrected chi connectivity index (χ3v) is 2.19. The maximum Gasteiger partial charge on any atom is 0.327 e. The number of carbonyl (C=O) groups excluding carboxylic acids is 1. The van der Waals surface area contributed by atoms with Crippen molar-refractivity contribution >= 4 is 33.9 Å². The van der Waals surface area contributed by atoms with Gasteiger partial charge in [0, 0.05) is 12.7 Å². The maximum absolute atomic E-state index is 11.5. The first-order chi connectivity index (χ1) is 5.57. The lowest BCUT2D eigenvalue weighted by molar-refractivity contribution is -0.140. The molecule has 0 radical (unpaired) electrons. The van der Waals surface area contributed by atoms with Crippen LogP contribution in [0.5, 0.6) is 0 Å². The van der Waals surface area contributed by atoms with Crippen LogP contribution in [0.3, 0.4) is 0 Å². The summed E-state index contributed by atoms with van der Waals surface area (Å²) in [5.41, 5.74) is 0. The first kappa shape index (κ1) is 11.6. The smallest absolute Gasteiger partial charge is 0.327 e. The second-order valence-corrected chi connectivity index (χ2v) is 3.72. The molecule has 12 heavy (non-hydrogen) atoms. The molecular weight excluding hydrogens is 205 g/mol. The van der Waals surface area contributed by atoms with Crippen LogP contribution in [0.15, 0.2) is 0 Å². The Bertz CT molecular complexity index is 178. The molecule has 0 aliphatic rings. The lowest BCUT2D eigenvalue weighted by Gasteiger charge is -2.10. The molecule has 1 atom stereocenters. The number of nitrogens with one attached hydrogen (secondary N) is 1. The topological polar surface area (TPSA) is 66.4 Å². The van der Waals surface area contributed by atoms with Crippen molar-refractivity contribution < 1.29 is 18.6 Å². The van der Waals surface area contributed by atoms with Crippen molar-refractivity contribution in [3.8, 4) is 0 Å². The van der Waals surface area contributed by atoms with Gasteiger partial charge in [0.15, 0.2) is 0 Å². The van der Waals surface area contributed by atoms with Crippen LogP contribution in [0.1, 0.15) is 6.92 Å². The summed E-state index contributed by atoms with van der Waals surface area (Å²) in [4.78, 5) is 20.8. The molecule has 0 spiro atoms. The fourth-order valence-electron chi connectivity index (χ4n) is 0.514. The number of hydrogen-bond acceptors (Lipinski definition) is 4. The molecule has 0 unspecified atom stereocenters. The summed E-state index contributed by atoms with van der Waals surface area (Å²) >= 11 is -0.0235. The van der Waals surface area contributed by atoms with Gasteiger partial charge in [0.2, 0.25) is 5.91 Å². The lowest BCUT2D eigenvalue weighted by Crippen LogP contribution is -2.41. The second kappa shape index (κ2) is 6.13. The third-order valence-electron chi connectivity index (χ3n) is 0.955. The molecule has 1 amide bonds. The van der Waals surface area contributed by atoms with E-state index in [2.05, 4.69) is 5.32 Å². The number of carboxylic acids is 1. The summed E-state index contributed by atoms with van der Waals surface area (Å²) < 4.78 is 11.5. The van der Waals surface area contributed by atoms with E-state index >= 15 is 0 Å². The summed E-state index contributed by atoms with van der Waals surface area (Å²) in [6.45, 7) is 1.21. The Balaban J connectivity index is 3.87. The number of rotatable bonds is 5. The van der Waals surface area contributed by atoms with Crippen LogP contribution in [0, 0.1) is 0 Å². The molecule has 0 fully saturated rings. The van der Waals surface area contributed by atoms with Crippen LogP contribution in [0.4, 0.5) is 3.89 Å². The van der Waals surface area contributed by atoms with Crippen molar-refractivity contribution in [3.05, 3.63) is 0 Å². The van der Waals surface area contributed by atoms with Crippen LogP contribution >= 0.6 is 22.0 Å². The Morgan fingerprint density at radius 2 is 2.25 bits per heavy atom. The Kier molecular flexibility index (Phi) is 5.91. The van der Waals surface area contributed by atoms with Crippen molar-refractivity contribution in [1.82, 2.24) is 5.32 Å². The molecule has 0 rings (SSSR count). The Hall–Kier alpha value is -0.430. The van der Waals surface area contributed by atoms with Gasteiger partial charge < -0.3 is 10.4 Å². The molecule has 2 N–H and O–H groups in total. The highest BCUT2D eigenvalue weighted by Crippen LogP contribution is 2.22.